The van der Waals surface area contributed by atoms with Crippen molar-refractivity contribution in [3.05, 3.63) is 70.2 Å². The maximum Gasteiger partial charge on any atom is 0.275 e. The van der Waals surface area contributed by atoms with Crippen LogP contribution in [0.25, 0.3) is 5.69 Å². The standard InChI is InChI=1S/C26H30N4O4/c1-17-13-28(16-27-17)21-9-10-22-26(32)29(18(2)14-30(22)25(21)31)15-19-8-11-23(33-3)24(12-19)34-20-6-4-5-7-20/h8-13,16,18,20H,4-7,14-15H2,1-3H3/t18-/m1/s1. The predicted octanol–water partition coefficient (Wildman–Crippen LogP) is 3.72. The molecular formula is C26H30N4O4. The summed E-state index contributed by atoms with van der Waals surface area (Å²) in [5.74, 6) is 1.27. The van der Waals surface area contributed by atoms with E-state index in [2.05, 4.69) is 4.98 Å². The lowest BCUT2D eigenvalue weighted by atomic mass is 10.1. The first kappa shape index (κ1) is 22.3. The molecule has 1 atom stereocenters. The number of fused-ring (bicyclic) bond motifs is 1. The Morgan fingerprint density at radius 3 is 2.59 bits per heavy atom. The van der Waals surface area contributed by atoms with Crippen molar-refractivity contribution >= 4 is 5.91 Å². The molecule has 1 aromatic carbocycles. The zero-order valence-corrected chi connectivity index (χ0v) is 19.9. The molecule has 8 nitrogen and oxygen atoms in total. The van der Waals surface area contributed by atoms with E-state index in [4.69, 9.17) is 9.47 Å². The molecule has 5 rings (SSSR count). The van der Waals surface area contributed by atoms with Gasteiger partial charge in [-0.15, -0.1) is 0 Å². The third-order valence-corrected chi connectivity index (χ3v) is 6.78. The van der Waals surface area contributed by atoms with E-state index in [1.165, 1.54) is 12.8 Å². The van der Waals surface area contributed by atoms with Crippen LogP contribution in [-0.4, -0.2) is 44.2 Å². The van der Waals surface area contributed by atoms with Gasteiger partial charge < -0.3 is 23.5 Å². The van der Waals surface area contributed by atoms with E-state index in [0.717, 1.165) is 29.8 Å². The van der Waals surface area contributed by atoms with Gasteiger partial charge in [0.05, 0.1) is 25.2 Å². The second kappa shape index (κ2) is 9.00. The lowest BCUT2D eigenvalue weighted by molar-refractivity contribution is 0.0589. The Bertz CT molecular complexity index is 1270. The van der Waals surface area contributed by atoms with Crippen LogP contribution in [0.4, 0.5) is 0 Å². The highest BCUT2D eigenvalue weighted by Gasteiger charge is 2.31. The minimum atomic E-state index is -0.188. The number of amides is 1. The number of ether oxygens (including phenoxy) is 2. The molecule has 1 amide bonds. The van der Waals surface area contributed by atoms with Crippen LogP contribution in [0.3, 0.4) is 0 Å². The highest BCUT2D eigenvalue weighted by molar-refractivity contribution is 5.93. The Kier molecular flexibility index (Phi) is 5.89. The molecule has 0 unspecified atom stereocenters. The summed E-state index contributed by atoms with van der Waals surface area (Å²) < 4.78 is 15.0. The Balaban J connectivity index is 1.41. The Hall–Kier alpha value is -3.55. The van der Waals surface area contributed by atoms with Gasteiger partial charge in [-0.05, 0) is 69.4 Å². The molecule has 3 aromatic rings. The first-order valence-electron chi connectivity index (χ1n) is 11.8. The molecule has 8 heteroatoms. The number of nitrogens with zero attached hydrogens (tertiary/aromatic N) is 4. The van der Waals surface area contributed by atoms with Crippen LogP contribution in [0, 0.1) is 6.92 Å². The normalized spacial score (nSPS) is 18.3. The van der Waals surface area contributed by atoms with Gasteiger partial charge in [0, 0.05) is 25.3 Å². The largest absolute Gasteiger partial charge is 0.493 e. The maximum absolute atomic E-state index is 13.4. The zero-order valence-electron chi connectivity index (χ0n) is 19.9. The lowest BCUT2D eigenvalue weighted by Gasteiger charge is -2.35. The molecule has 0 bridgehead atoms. The summed E-state index contributed by atoms with van der Waals surface area (Å²) in [4.78, 5) is 32.6. The number of pyridine rings is 1. The van der Waals surface area contributed by atoms with E-state index in [-0.39, 0.29) is 23.6 Å². The number of methoxy groups -OCH3 is 1. The fourth-order valence-corrected chi connectivity index (χ4v) is 4.92. The van der Waals surface area contributed by atoms with E-state index < -0.39 is 0 Å². The Morgan fingerprint density at radius 1 is 1.09 bits per heavy atom. The maximum atomic E-state index is 13.4. The van der Waals surface area contributed by atoms with Gasteiger partial charge in [0.25, 0.3) is 11.5 Å². The summed E-state index contributed by atoms with van der Waals surface area (Å²) in [7, 11) is 1.64. The van der Waals surface area contributed by atoms with Crippen LogP contribution in [0.2, 0.25) is 0 Å². The second-order valence-electron chi connectivity index (χ2n) is 9.23. The van der Waals surface area contributed by atoms with E-state index >= 15 is 0 Å². The van der Waals surface area contributed by atoms with Crippen LogP contribution in [0.5, 0.6) is 11.5 Å². The van der Waals surface area contributed by atoms with Crippen molar-refractivity contribution in [1.29, 1.82) is 0 Å². The summed E-state index contributed by atoms with van der Waals surface area (Å²) in [6.45, 7) is 4.71. The average molecular weight is 463 g/mol. The summed E-state index contributed by atoms with van der Waals surface area (Å²) in [5.41, 5.74) is 2.50. The van der Waals surface area contributed by atoms with E-state index in [9.17, 15) is 9.59 Å². The average Bonchev–Trinajstić information content (AvgIpc) is 3.49. The predicted molar refractivity (Wildman–Crippen MR) is 128 cm³/mol. The van der Waals surface area contributed by atoms with E-state index in [0.29, 0.717) is 30.2 Å². The van der Waals surface area contributed by atoms with Crippen molar-refractivity contribution in [2.75, 3.05) is 7.11 Å². The molecule has 3 heterocycles. The summed E-state index contributed by atoms with van der Waals surface area (Å²) >= 11 is 0. The number of aromatic nitrogens is 3. The number of imidazole rings is 1. The van der Waals surface area contributed by atoms with E-state index in [1.54, 1.807) is 40.9 Å². The zero-order chi connectivity index (χ0) is 23.8. The highest BCUT2D eigenvalue weighted by Crippen LogP contribution is 2.33. The fourth-order valence-electron chi connectivity index (χ4n) is 4.92. The summed E-state index contributed by atoms with van der Waals surface area (Å²) in [5, 5.41) is 0. The molecule has 178 valence electrons. The van der Waals surface area contributed by atoms with E-state index in [1.807, 2.05) is 36.9 Å². The van der Waals surface area contributed by atoms with Crippen molar-refractivity contribution in [2.24, 2.45) is 0 Å². The number of benzene rings is 1. The molecule has 1 aliphatic heterocycles. The van der Waals surface area contributed by atoms with Crippen LogP contribution in [0.1, 0.15) is 54.4 Å². The van der Waals surface area contributed by atoms with Gasteiger partial charge in [0.15, 0.2) is 11.5 Å². The van der Waals surface area contributed by atoms with Crippen LogP contribution >= 0.6 is 0 Å². The molecule has 1 saturated carbocycles. The molecule has 0 saturated heterocycles. The van der Waals surface area contributed by atoms with Crippen molar-refractivity contribution in [3.63, 3.8) is 0 Å². The molecule has 2 aromatic heterocycles. The molecule has 2 aliphatic rings. The highest BCUT2D eigenvalue weighted by atomic mass is 16.5. The van der Waals surface area contributed by atoms with Gasteiger partial charge in [-0.3, -0.25) is 9.59 Å². The van der Waals surface area contributed by atoms with Crippen LogP contribution in [-0.2, 0) is 13.1 Å². The smallest absolute Gasteiger partial charge is 0.275 e. The molecule has 1 fully saturated rings. The lowest BCUT2D eigenvalue weighted by Crippen LogP contribution is -2.49. The third kappa shape index (κ3) is 4.08. The monoisotopic (exact) mass is 462 g/mol. The minimum Gasteiger partial charge on any atom is -0.493 e. The van der Waals surface area contributed by atoms with Crippen LogP contribution < -0.4 is 15.0 Å². The molecular weight excluding hydrogens is 432 g/mol. The molecule has 34 heavy (non-hydrogen) atoms. The third-order valence-electron chi connectivity index (χ3n) is 6.78. The molecule has 1 aliphatic carbocycles. The SMILES string of the molecule is COc1ccc(CN2C(=O)c3ccc(-n4cnc(C)c4)c(=O)n3C[C@H]2C)cc1OC1CCCC1. The number of aryl methyl sites for hydroxylation is 1. The minimum absolute atomic E-state index is 0.140. The Labute approximate surface area is 198 Å². The number of rotatable bonds is 6. The number of carbonyl (C=O) groups excluding carboxylic acids is 1. The van der Waals surface area contributed by atoms with Gasteiger partial charge in [0.2, 0.25) is 0 Å². The molecule has 0 spiro atoms. The van der Waals surface area contributed by atoms with Crippen LogP contribution in [0.15, 0.2) is 47.7 Å². The first-order valence-corrected chi connectivity index (χ1v) is 11.8. The van der Waals surface area contributed by atoms with Gasteiger partial charge in [0.1, 0.15) is 11.4 Å². The number of carbonyl (C=O) groups is 1. The number of hydrogen-bond acceptors (Lipinski definition) is 5. The number of hydrogen-bond donors (Lipinski definition) is 0. The first-order chi connectivity index (χ1) is 16.4. The second-order valence-corrected chi connectivity index (χ2v) is 9.23. The van der Waals surface area contributed by atoms with Gasteiger partial charge in [-0.25, -0.2) is 4.98 Å². The van der Waals surface area contributed by atoms with Gasteiger partial charge in [-0.1, -0.05) is 6.07 Å². The fraction of sp³-hybridized carbons (Fsp3) is 0.423. The van der Waals surface area contributed by atoms with Gasteiger partial charge in [-0.2, -0.15) is 0 Å². The van der Waals surface area contributed by atoms with Crippen molar-refractivity contribution in [1.82, 2.24) is 19.0 Å². The van der Waals surface area contributed by atoms with Gasteiger partial charge >= 0.3 is 0 Å². The molecule has 0 radical (unpaired) electrons. The summed E-state index contributed by atoms with van der Waals surface area (Å²) in [6, 6.07) is 9.13. The topological polar surface area (TPSA) is 78.6 Å². The summed E-state index contributed by atoms with van der Waals surface area (Å²) in [6.07, 6.45) is 8.13. The molecule has 0 N–H and O–H groups in total. The quantitative estimate of drug-likeness (QED) is 0.558. The van der Waals surface area contributed by atoms with Crippen molar-refractivity contribution in [2.45, 2.75) is 64.8 Å². The van der Waals surface area contributed by atoms with Crippen molar-refractivity contribution in [3.8, 4) is 17.2 Å². The van der Waals surface area contributed by atoms with Crippen molar-refractivity contribution < 1.29 is 14.3 Å². The Morgan fingerprint density at radius 2 is 1.88 bits per heavy atom.